The first-order valence-electron chi connectivity index (χ1n) is 5.79. The first-order valence-corrected chi connectivity index (χ1v) is 5.79. The van der Waals surface area contributed by atoms with Crippen LogP contribution in [0.5, 0.6) is 0 Å². The molecule has 82 valence electrons. The quantitative estimate of drug-likeness (QED) is 0.808. The number of likely N-dealkylation sites (tertiary alicyclic amines) is 1. The summed E-state index contributed by atoms with van der Waals surface area (Å²) in [4.78, 5) is 2.41. The van der Waals surface area contributed by atoms with Gasteiger partial charge in [-0.05, 0) is 31.4 Å². The third-order valence-corrected chi connectivity index (χ3v) is 3.20. The van der Waals surface area contributed by atoms with Crippen molar-refractivity contribution in [1.82, 2.24) is 4.90 Å². The molecule has 0 spiro atoms. The van der Waals surface area contributed by atoms with Crippen LogP contribution in [0.15, 0.2) is 30.3 Å². The lowest BCUT2D eigenvalue weighted by Gasteiger charge is -2.23. The van der Waals surface area contributed by atoms with Crippen molar-refractivity contribution in [2.75, 3.05) is 19.7 Å². The second-order valence-corrected chi connectivity index (χ2v) is 4.25. The van der Waals surface area contributed by atoms with E-state index in [1.54, 1.807) is 0 Å². The highest BCUT2D eigenvalue weighted by Gasteiger charge is 2.23. The van der Waals surface area contributed by atoms with Gasteiger partial charge in [0, 0.05) is 12.6 Å². The SMILES string of the molecule is OCCN1CCC[C@H]1Cc1ccccc1. The van der Waals surface area contributed by atoms with Gasteiger partial charge in [0.25, 0.3) is 0 Å². The molecule has 0 unspecified atom stereocenters. The van der Waals surface area contributed by atoms with E-state index in [9.17, 15) is 0 Å². The van der Waals surface area contributed by atoms with Crippen molar-refractivity contribution in [1.29, 1.82) is 0 Å². The monoisotopic (exact) mass is 205 g/mol. The fourth-order valence-electron chi connectivity index (χ4n) is 2.44. The first-order chi connectivity index (χ1) is 7.40. The van der Waals surface area contributed by atoms with Crippen molar-refractivity contribution >= 4 is 0 Å². The molecule has 1 heterocycles. The van der Waals surface area contributed by atoms with Gasteiger partial charge in [-0.3, -0.25) is 4.90 Å². The number of hydrogen-bond donors (Lipinski definition) is 1. The van der Waals surface area contributed by atoms with Gasteiger partial charge in [-0.2, -0.15) is 0 Å². The summed E-state index contributed by atoms with van der Waals surface area (Å²) in [5.41, 5.74) is 1.41. The molecule has 0 aromatic heterocycles. The normalized spacial score (nSPS) is 22.1. The highest BCUT2D eigenvalue weighted by Crippen LogP contribution is 2.20. The van der Waals surface area contributed by atoms with E-state index in [-0.39, 0.29) is 6.61 Å². The third kappa shape index (κ3) is 2.80. The smallest absolute Gasteiger partial charge is 0.0558 e. The molecule has 1 N–H and O–H groups in total. The maximum atomic E-state index is 8.97. The Labute approximate surface area is 91.5 Å². The molecule has 0 saturated carbocycles. The van der Waals surface area contributed by atoms with E-state index >= 15 is 0 Å². The molecule has 1 saturated heterocycles. The van der Waals surface area contributed by atoms with Gasteiger partial charge >= 0.3 is 0 Å². The molecule has 15 heavy (non-hydrogen) atoms. The Morgan fingerprint density at radius 3 is 2.80 bits per heavy atom. The van der Waals surface area contributed by atoms with E-state index in [0.29, 0.717) is 6.04 Å². The minimum atomic E-state index is 0.283. The maximum absolute atomic E-state index is 8.97. The number of hydrogen-bond acceptors (Lipinski definition) is 2. The van der Waals surface area contributed by atoms with E-state index in [1.807, 2.05) is 0 Å². The molecule has 0 bridgehead atoms. The van der Waals surface area contributed by atoms with Gasteiger partial charge in [0.05, 0.1) is 6.61 Å². The van der Waals surface area contributed by atoms with E-state index < -0.39 is 0 Å². The van der Waals surface area contributed by atoms with Crippen LogP contribution in [0.1, 0.15) is 18.4 Å². The second-order valence-electron chi connectivity index (χ2n) is 4.25. The molecule has 1 fully saturated rings. The van der Waals surface area contributed by atoms with E-state index in [0.717, 1.165) is 19.5 Å². The lowest BCUT2D eigenvalue weighted by atomic mass is 10.0. The Morgan fingerprint density at radius 1 is 1.27 bits per heavy atom. The zero-order chi connectivity index (χ0) is 10.5. The molecule has 2 rings (SSSR count). The summed E-state index contributed by atoms with van der Waals surface area (Å²) < 4.78 is 0. The van der Waals surface area contributed by atoms with Crippen molar-refractivity contribution in [3.05, 3.63) is 35.9 Å². The average molecular weight is 205 g/mol. The Balaban J connectivity index is 1.93. The minimum Gasteiger partial charge on any atom is -0.395 e. The summed E-state index contributed by atoms with van der Waals surface area (Å²) in [6.07, 6.45) is 3.67. The molecule has 2 heteroatoms. The third-order valence-electron chi connectivity index (χ3n) is 3.20. The molecular weight excluding hydrogens is 186 g/mol. The highest BCUT2D eigenvalue weighted by atomic mass is 16.3. The van der Waals surface area contributed by atoms with Crippen LogP contribution in [0.4, 0.5) is 0 Å². The van der Waals surface area contributed by atoms with Crippen LogP contribution in [0.2, 0.25) is 0 Å². The predicted molar refractivity (Wildman–Crippen MR) is 61.8 cm³/mol. The van der Waals surface area contributed by atoms with E-state index in [2.05, 4.69) is 35.2 Å². The maximum Gasteiger partial charge on any atom is 0.0558 e. The molecule has 1 aliphatic heterocycles. The Morgan fingerprint density at radius 2 is 2.07 bits per heavy atom. The number of rotatable bonds is 4. The van der Waals surface area contributed by atoms with Crippen LogP contribution < -0.4 is 0 Å². The van der Waals surface area contributed by atoms with Crippen LogP contribution >= 0.6 is 0 Å². The van der Waals surface area contributed by atoms with Crippen LogP contribution in [0, 0.1) is 0 Å². The Bertz CT molecular complexity index is 286. The van der Waals surface area contributed by atoms with Crippen LogP contribution in [0.3, 0.4) is 0 Å². The molecule has 0 aliphatic carbocycles. The molecular formula is C13H19NO. The van der Waals surface area contributed by atoms with Crippen molar-refractivity contribution in [3.63, 3.8) is 0 Å². The largest absolute Gasteiger partial charge is 0.395 e. The molecule has 2 nitrogen and oxygen atoms in total. The second kappa shape index (κ2) is 5.29. The van der Waals surface area contributed by atoms with Crippen molar-refractivity contribution in [3.8, 4) is 0 Å². The lowest BCUT2D eigenvalue weighted by molar-refractivity contribution is 0.184. The highest BCUT2D eigenvalue weighted by molar-refractivity contribution is 5.16. The van der Waals surface area contributed by atoms with Crippen molar-refractivity contribution < 1.29 is 5.11 Å². The van der Waals surface area contributed by atoms with Gasteiger partial charge in [-0.1, -0.05) is 30.3 Å². The number of β-amino-alcohol motifs (C(OH)–C–C–N with tert-alkyl or cyclic N) is 1. The van der Waals surface area contributed by atoms with Gasteiger partial charge in [-0.15, -0.1) is 0 Å². The summed E-state index contributed by atoms with van der Waals surface area (Å²) in [6.45, 7) is 2.26. The average Bonchev–Trinajstić information content (AvgIpc) is 2.68. The predicted octanol–water partition coefficient (Wildman–Crippen LogP) is 1.69. The number of aliphatic hydroxyl groups is 1. The molecule has 0 radical (unpaired) electrons. The lowest BCUT2D eigenvalue weighted by Crippen LogP contribution is -2.33. The number of aliphatic hydroxyl groups excluding tert-OH is 1. The molecule has 1 aliphatic rings. The zero-order valence-corrected chi connectivity index (χ0v) is 9.10. The standard InChI is InChI=1S/C13H19NO/c15-10-9-14-8-4-7-13(14)11-12-5-2-1-3-6-12/h1-3,5-6,13,15H,4,7-11H2/t13-/m0/s1. The molecule has 1 aromatic carbocycles. The summed E-state index contributed by atoms with van der Waals surface area (Å²) in [6, 6.07) is 11.3. The van der Waals surface area contributed by atoms with Crippen LogP contribution in [-0.2, 0) is 6.42 Å². The Kier molecular flexibility index (Phi) is 3.75. The Hall–Kier alpha value is -0.860. The zero-order valence-electron chi connectivity index (χ0n) is 9.10. The molecule has 0 amide bonds. The van der Waals surface area contributed by atoms with Crippen molar-refractivity contribution in [2.45, 2.75) is 25.3 Å². The van der Waals surface area contributed by atoms with E-state index in [4.69, 9.17) is 5.11 Å². The van der Waals surface area contributed by atoms with Crippen molar-refractivity contribution in [2.24, 2.45) is 0 Å². The fourth-order valence-corrected chi connectivity index (χ4v) is 2.44. The topological polar surface area (TPSA) is 23.5 Å². The minimum absolute atomic E-state index is 0.283. The van der Waals surface area contributed by atoms with Gasteiger partial charge in [0.15, 0.2) is 0 Å². The fraction of sp³-hybridized carbons (Fsp3) is 0.538. The number of nitrogens with zero attached hydrogens (tertiary/aromatic N) is 1. The van der Waals surface area contributed by atoms with Gasteiger partial charge in [0.2, 0.25) is 0 Å². The first kappa shape index (κ1) is 10.7. The number of benzene rings is 1. The summed E-state index contributed by atoms with van der Waals surface area (Å²) in [5, 5.41) is 8.97. The van der Waals surface area contributed by atoms with Gasteiger partial charge in [0.1, 0.15) is 0 Å². The van der Waals surface area contributed by atoms with Crippen LogP contribution in [0.25, 0.3) is 0 Å². The van der Waals surface area contributed by atoms with Gasteiger partial charge < -0.3 is 5.11 Å². The van der Waals surface area contributed by atoms with E-state index in [1.165, 1.54) is 18.4 Å². The van der Waals surface area contributed by atoms with Gasteiger partial charge in [-0.25, -0.2) is 0 Å². The molecule has 1 atom stereocenters. The summed E-state index contributed by atoms with van der Waals surface area (Å²) in [7, 11) is 0. The summed E-state index contributed by atoms with van der Waals surface area (Å²) in [5.74, 6) is 0. The summed E-state index contributed by atoms with van der Waals surface area (Å²) >= 11 is 0. The molecule has 1 aromatic rings. The van der Waals surface area contributed by atoms with Crippen LogP contribution in [-0.4, -0.2) is 35.7 Å².